The zero-order valence-electron chi connectivity index (χ0n) is 11.4. The van der Waals surface area contributed by atoms with Crippen LogP contribution < -0.4 is 5.32 Å². The maximum absolute atomic E-state index is 11.8. The quantitative estimate of drug-likeness (QED) is 0.529. The van der Waals surface area contributed by atoms with E-state index >= 15 is 0 Å². The molecule has 0 heterocycles. The molecule has 0 spiro atoms. The number of hydrogen-bond donors (Lipinski definition) is 1. The van der Waals surface area contributed by atoms with Crippen LogP contribution in [0.5, 0.6) is 0 Å². The molecule has 0 atom stereocenters. The van der Waals surface area contributed by atoms with Crippen molar-refractivity contribution in [3.05, 3.63) is 75.8 Å². The summed E-state index contributed by atoms with van der Waals surface area (Å²) in [7, 11) is 0. The number of non-ortho nitro benzene ring substituents is 1. The number of rotatable bonds is 4. The second-order valence-electron chi connectivity index (χ2n) is 4.54. The number of anilines is 1. The summed E-state index contributed by atoms with van der Waals surface area (Å²) in [6, 6.07) is 13.5. The first-order valence-electron chi connectivity index (χ1n) is 6.35. The fourth-order valence-electron chi connectivity index (χ4n) is 1.80. The minimum Gasteiger partial charge on any atom is -0.323 e. The lowest BCUT2D eigenvalue weighted by Gasteiger charge is -2.01. The molecule has 106 valence electrons. The molecule has 5 heteroatoms. The predicted molar refractivity (Wildman–Crippen MR) is 81.9 cm³/mol. The topological polar surface area (TPSA) is 72.2 Å². The number of aryl methyl sites for hydroxylation is 1. The third-order valence-corrected chi connectivity index (χ3v) is 2.81. The van der Waals surface area contributed by atoms with Crippen molar-refractivity contribution in [2.24, 2.45) is 0 Å². The highest BCUT2D eigenvalue weighted by molar-refractivity contribution is 6.01. The van der Waals surface area contributed by atoms with Crippen LogP contribution in [0.3, 0.4) is 0 Å². The van der Waals surface area contributed by atoms with E-state index in [2.05, 4.69) is 5.32 Å². The lowest BCUT2D eigenvalue weighted by Crippen LogP contribution is -2.07. The molecule has 0 aromatic heterocycles. The molecule has 21 heavy (non-hydrogen) atoms. The van der Waals surface area contributed by atoms with Crippen LogP contribution in [0.1, 0.15) is 11.1 Å². The van der Waals surface area contributed by atoms with Gasteiger partial charge in [-0.3, -0.25) is 14.9 Å². The standard InChI is InChI=1S/C16H14N2O3/c1-12-3-2-4-13(11-12)5-10-16(19)17-14-6-8-15(9-7-14)18(20)21/h2-11H,1H3,(H,17,19)/b10-5+. The molecule has 0 radical (unpaired) electrons. The third kappa shape index (κ3) is 4.28. The molecule has 0 unspecified atom stereocenters. The maximum Gasteiger partial charge on any atom is 0.269 e. The van der Waals surface area contributed by atoms with Crippen LogP contribution >= 0.6 is 0 Å². The first kappa shape index (κ1) is 14.5. The van der Waals surface area contributed by atoms with Gasteiger partial charge in [0.2, 0.25) is 5.91 Å². The molecule has 1 N–H and O–H groups in total. The Morgan fingerprint density at radius 3 is 2.52 bits per heavy atom. The Labute approximate surface area is 122 Å². The zero-order valence-corrected chi connectivity index (χ0v) is 11.4. The van der Waals surface area contributed by atoms with E-state index in [1.807, 2.05) is 31.2 Å². The van der Waals surface area contributed by atoms with Crippen LogP contribution in [0.15, 0.2) is 54.6 Å². The second kappa shape index (κ2) is 6.47. The molecule has 5 nitrogen and oxygen atoms in total. The molecule has 1 amide bonds. The Morgan fingerprint density at radius 2 is 1.90 bits per heavy atom. The lowest BCUT2D eigenvalue weighted by atomic mass is 10.1. The Kier molecular flexibility index (Phi) is 4.46. The minimum absolute atomic E-state index is 0.0108. The number of nitro groups is 1. The van der Waals surface area contributed by atoms with Gasteiger partial charge in [0.15, 0.2) is 0 Å². The summed E-state index contributed by atoms with van der Waals surface area (Å²) in [6.07, 6.45) is 3.14. The Hall–Kier alpha value is -2.95. The van der Waals surface area contributed by atoms with Crippen LogP contribution in [0, 0.1) is 17.0 Å². The highest BCUT2D eigenvalue weighted by Gasteiger charge is 2.04. The largest absolute Gasteiger partial charge is 0.323 e. The van der Waals surface area contributed by atoms with E-state index in [1.54, 1.807) is 6.08 Å². The van der Waals surface area contributed by atoms with Gasteiger partial charge in [-0.2, -0.15) is 0 Å². The molecule has 0 bridgehead atoms. The number of amides is 1. The molecule has 0 saturated heterocycles. The molecule has 0 saturated carbocycles. The molecule has 2 aromatic carbocycles. The van der Waals surface area contributed by atoms with Crippen molar-refractivity contribution >= 4 is 23.4 Å². The molecule has 0 aliphatic carbocycles. The van der Waals surface area contributed by atoms with Gasteiger partial charge in [-0.25, -0.2) is 0 Å². The highest BCUT2D eigenvalue weighted by Crippen LogP contribution is 2.15. The molecule has 2 aromatic rings. The average molecular weight is 282 g/mol. The number of benzene rings is 2. The summed E-state index contributed by atoms with van der Waals surface area (Å²) in [5.74, 6) is -0.287. The Bertz CT molecular complexity index is 691. The molecular weight excluding hydrogens is 268 g/mol. The summed E-state index contributed by atoms with van der Waals surface area (Å²) >= 11 is 0. The number of nitrogens with one attached hydrogen (secondary N) is 1. The highest BCUT2D eigenvalue weighted by atomic mass is 16.6. The monoisotopic (exact) mass is 282 g/mol. The van der Waals surface area contributed by atoms with Gasteiger partial charge < -0.3 is 5.32 Å². The zero-order chi connectivity index (χ0) is 15.2. The Morgan fingerprint density at radius 1 is 1.19 bits per heavy atom. The van der Waals surface area contributed by atoms with Gasteiger partial charge in [0.25, 0.3) is 5.69 Å². The van der Waals surface area contributed by atoms with Crippen LogP contribution in [-0.4, -0.2) is 10.8 Å². The third-order valence-electron chi connectivity index (χ3n) is 2.81. The first-order chi connectivity index (χ1) is 10.0. The smallest absolute Gasteiger partial charge is 0.269 e. The van der Waals surface area contributed by atoms with E-state index in [-0.39, 0.29) is 11.6 Å². The van der Waals surface area contributed by atoms with Crippen LogP contribution in [0.4, 0.5) is 11.4 Å². The molecular formula is C16H14N2O3. The van der Waals surface area contributed by atoms with Gasteiger partial charge in [0, 0.05) is 23.9 Å². The number of hydrogen-bond acceptors (Lipinski definition) is 3. The summed E-state index contributed by atoms with van der Waals surface area (Å²) in [5, 5.41) is 13.2. The van der Waals surface area contributed by atoms with Crippen molar-refractivity contribution in [2.45, 2.75) is 6.92 Å². The van der Waals surface area contributed by atoms with E-state index < -0.39 is 4.92 Å². The van der Waals surface area contributed by atoms with Crippen molar-refractivity contribution in [3.63, 3.8) is 0 Å². The van der Waals surface area contributed by atoms with Crippen molar-refractivity contribution in [1.29, 1.82) is 0 Å². The fourth-order valence-corrected chi connectivity index (χ4v) is 1.80. The normalized spacial score (nSPS) is 10.5. The number of nitro benzene ring substituents is 1. The van der Waals surface area contributed by atoms with E-state index in [0.717, 1.165) is 11.1 Å². The average Bonchev–Trinajstić information content (AvgIpc) is 2.46. The number of nitrogens with zero attached hydrogens (tertiary/aromatic N) is 1. The van der Waals surface area contributed by atoms with Gasteiger partial charge in [-0.05, 0) is 30.7 Å². The van der Waals surface area contributed by atoms with Gasteiger partial charge in [0.05, 0.1) is 4.92 Å². The van der Waals surface area contributed by atoms with Gasteiger partial charge in [-0.1, -0.05) is 29.8 Å². The summed E-state index contributed by atoms with van der Waals surface area (Å²) < 4.78 is 0. The lowest BCUT2D eigenvalue weighted by molar-refractivity contribution is -0.384. The maximum atomic E-state index is 11.8. The molecule has 0 aliphatic rings. The van der Waals surface area contributed by atoms with E-state index in [0.29, 0.717) is 5.69 Å². The van der Waals surface area contributed by atoms with Crippen LogP contribution in [-0.2, 0) is 4.79 Å². The van der Waals surface area contributed by atoms with E-state index in [1.165, 1.54) is 30.3 Å². The van der Waals surface area contributed by atoms with Gasteiger partial charge in [-0.15, -0.1) is 0 Å². The van der Waals surface area contributed by atoms with Crippen molar-refractivity contribution in [1.82, 2.24) is 0 Å². The van der Waals surface area contributed by atoms with Gasteiger partial charge in [0.1, 0.15) is 0 Å². The SMILES string of the molecule is Cc1cccc(/C=C/C(=O)Nc2ccc([N+](=O)[O-])cc2)c1. The van der Waals surface area contributed by atoms with Crippen LogP contribution in [0.25, 0.3) is 6.08 Å². The van der Waals surface area contributed by atoms with Crippen molar-refractivity contribution in [3.8, 4) is 0 Å². The summed E-state index contributed by atoms with van der Waals surface area (Å²) in [5.41, 5.74) is 2.56. The summed E-state index contributed by atoms with van der Waals surface area (Å²) in [4.78, 5) is 21.8. The van der Waals surface area contributed by atoms with E-state index in [9.17, 15) is 14.9 Å². The molecule has 0 fully saturated rings. The first-order valence-corrected chi connectivity index (χ1v) is 6.35. The van der Waals surface area contributed by atoms with Gasteiger partial charge >= 0.3 is 0 Å². The number of carbonyl (C=O) groups is 1. The summed E-state index contributed by atoms with van der Waals surface area (Å²) in [6.45, 7) is 1.98. The van der Waals surface area contributed by atoms with Crippen molar-refractivity contribution in [2.75, 3.05) is 5.32 Å². The molecule has 2 rings (SSSR count). The van der Waals surface area contributed by atoms with Crippen LogP contribution in [0.2, 0.25) is 0 Å². The van der Waals surface area contributed by atoms with Crippen molar-refractivity contribution < 1.29 is 9.72 Å². The predicted octanol–water partition coefficient (Wildman–Crippen LogP) is 3.56. The van der Waals surface area contributed by atoms with E-state index in [4.69, 9.17) is 0 Å². The minimum atomic E-state index is -0.483. The second-order valence-corrected chi connectivity index (χ2v) is 4.54. The number of carbonyl (C=O) groups excluding carboxylic acids is 1. The molecule has 0 aliphatic heterocycles. The fraction of sp³-hybridized carbons (Fsp3) is 0.0625. The Balaban J connectivity index is 1.99.